The van der Waals surface area contributed by atoms with E-state index in [-0.39, 0.29) is 12.1 Å². The lowest BCUT2D eigenvalue weighted by Gasteiger charge is -2.17. The Bertz CT molecular complexity index is 346. The zero-order valence-electron chi connectivity index (χ0n) is 12.2. The van der Waals surface area contributed by atoms with Crippen molar-refractivity contribution in [2.75, 3.05) is 0 Å². The zero-order valence-corrected chi connectivity index (χ0v) is 12.2. The molecule has 106 valence electrons. The van der Waals surface area contributed by atoms with Gasteiger partial charge in [-0.2, -0.15) is 0 Å². The normalized spacial score (nSPS) is 12.1. The Balaban J connectivity index is 2.41. The third-order valence-corrected chi connectivity index (χ3v) is 3.20. The van der Waals surface area contributed by atoms with E-state index in [4.69, 9.17) is 4.74 Å². The smallest absolute Gasteiger partial charge is 0.306 e. The van der Waals surface area contributed by atoms with Crippen LogP contribution in [0.4, 0.5) is 0 Å². The molecule has 0 aliphatic heterocycles. The van der Waals surface area contributed by atoms with Gasteiger partial charge in [-0.1, -0.05) is 63.4 Å². The van der Waals surface area contributed by atoms with E-state index in [1.807, 2.05) is 18.2 Å². The van der Waals surface area contributed by atoms with Crippen molar-refractivity contribution in [1.82, 2.24) is 0 Å². The molecular weight excluding hydrogens is 236 g/mol. The van der Waals surface area contributed by atoms with Crippen molar-refractivity contribution in [2.24, 2.45) is 0 Å². The van der Waals surface area contributed by atoms with Crippen LogP contribution in [0.2, 0.25) is 0 Å². The Morgan fingerprint density at radius 3 is 2.47 bits per heavy atom. The summed E-state index contributed by atoms with van der Waals surface area (Å²) in [7, 11) is 0. The molecule has 0 N–H and O–H groups in total. The van der Waals surface area contributed by atoms with Crippen LogP contribution in [0.1, 0.15) is 57.9 Å². The second-order valence-electron chi connectivity index (χ2n) is 5.05. The summed E-state index contributed by atoms with van der Waals surface area (Å²) in [6.07, 6.45) is 6.58. The number of hydrogen-bond donors (Lipinski definition) is 0. The number of carbonyl (C=O) groups is 1. The maximum atomic E-state index is 11.8. The van der Waals surface area contributed by atoms with E-state index < -0.39 is 0 Å². The molecule has 0 saturated carbocycles. The molecule has 0 spiro atoms. The predicted molar refractivity (Wildman–Crippen MR) is 79.1 cm³/mol. The summed E-state index contributed by atoms with van der Waals surface area (Å²) in [6, 6.07) is 10.2. The van der Waals surface area contributed by atoms with Gasteiger partial charge in [-0.25, -0.2) is 0 Å². The molecule has 1 aromatic rings. The van der Waals surface area contributed by atoms with E-state index in [0.29, 0.717) is 6.42 Å². The highest BCUT2D eigenvalue weighted by molar-refractivity contribution is 5.69. The van der Waals surface area contributed by atoms with Crippen LogP contribution in [0.15, 0.2) is 30.3 Å². The van der Waals surface area contributed by atoms with Crippen molar-refractivity contribution in [3.8, 4) is 0 Å². The van der Waals surface area contributed by atoms with Gasteiger partial charge in [0.05, 0.1) is 0 Å². The molecule has 1 rings (SSSR count). The lowest BCUT2D eigenvalue weighted by atomic mass is 10.0. The van der Waals surface area contributed by atoms with Crippen LogP contribution in [0.5, 0.6) is 0 Å². The van der Waals surface area contributed by atoms with Crippen LogP contribution >= 0.6 is 0 Å². The molecule has 2 heteroatoms. The van der Waals surface area contributed by atoms with Gasteiger partial charge in [0.2, 0.25) is 0 Å². The lowest BCUT2D eigenvalue weighted by Crippen LogP contribution is -2.20. The molecule has 0 fully saturated rings. The number of esters is 1. The number of unbranched alkanes of at least 4 members (excludes halogenated alkanes) is 2. The van der Waals surface area contributed by atoms with Gasteiger partial charge in [0.15, 0.2) is 0 Å². The average molecular weight is 262 g/mol. The molecule has 0 aliphatic rings. The fourth-order valence-electron chi connectivity index (χ4n) is 2.17. The summed E-state index contributed by atoms with van der Waals surface area (Å²) in [5, 5.41) is 0. The Labute approximate surface area is 117 Å². The minimum atomic E-state index is -0.0390. The Morgan fingerprint density at radius 2 is 1.84 bits per heavy atom. The quantitative estimate of drug-likeness (QED) is 0.483. The monoisotopic (exact) mass is 262 g/mol. The molecule has 1 unspecified atom stereocenters. The summed E-state index contributed by atoms with van der Waals surface area (Å²) in [5.74, 6) is -0.0390. The van der Waals surface area contributed by atoms with Gasteiger partial charge in [-0.3, -0.25) is 4.79 Å². The highest BCUT2D eigenvalue weighted by atomic mass is 16.5. The van der Waals surface area contributed by atoms with E-state index in [2.05, 4.69) is 26.0 Å². The number of hydrogen-bond acceptors (Lipinski definition) is 2. The molecule has 0 amide bonds. The maximum Gasteiger partial charge on any atom is 0.306 e. The van der Waals surface area contributed by atoms with Crippen molar-refractivity contribution in [3.63, 3.8) is 0 Å². The van der Waals surface area contributed by atoms with Crippen molar-refractivity contribution >= 4 is 5.97 Å². The lowest BCUT2D eigenvalue weighted by molar-refractivity contribution is -0.149. The zero-order chi connectivity index (χ0) is 13.9. The maximum absolute atomic E-state index is 11.8. The summed E-state index contributed by atoms with van der Waals surface area (Å²) in [5.41, 5.74) is 1.24. The fourth-order valence-corrected chi connectivity index (χ4v) is 2.17. The van der Waals surface area contributed by atoms with Gasteiger partial charge >= 0.3 is 5.97 Å². The second-order valence-corrected chi connectivity index (χ2v) is 5.05. The average Bonchev–Trinajstić information content (AvgIpc) is 2.40. The van der Waals surface area contributed by atoms with Crippen LogP contribution in [0, 0.1) is 0 Å². The van der Waals surface area contributed by atoms with Gasteiger partial charge in [-0.15, -0.1) is 0 Å². The molecule has 1 atom stereocenters. The first-order valence-corrected chi connectivity index (χ1v) is 7.49. The first-order chi connectivity index (χ1) is 9.26. The Morgan fingerprint density at radius 1 is 1.11 bits per heavy atom. The standard InChI is InChI=1S/C17H26O2/c1-3-5-7-13-17(18)19-16(10-4-2)14-15-11-8-6-9-12-15/h6,8-9,11-12,16H,3-5,7,10,13-14H2,1-2H3. The minimum absolute atomic E-state index is 0.0292. The van der Waals surface area contributed by atoms with Crippen molar-refractivity contribution in [2.45, 2.75) is 64.9 Å². The van der Waals surface area contributed by atoms with Gasteiger partial charge in [-0.05, 0) is 18.4 Å². The van der Waals surface area contributed by atoms with Crippen LogP contribution < -0.4 is 0 Å². The molecule has 0 aromatic heterocycles. The van der Waals surface area contributed by atoms with Gasteiger partial charge in [0.25, 0.3) is 0 Å². The van der Waals surface area contributed by atoms with Crippen LogP contribution in [0.3, 0.4) is 0 Å². The minimum Gasteiger partial charge on any atom is -0.462 e. The third-order valence-electron chi connectivity index (χ3n) is 3.20. The number of ether oxygens (including phenoxy) is 1. The number of rotatable bonds is 9. The first kappa shape index (κ1) is 15.7. The molecule has 1 aromatic carbocycles. The molecule has 0 saturated heterocycles. The largest absolute Gasteiger partial charge is 0.462 e. The van der Waals surface area contributed by atoms with E-state index in [1.54, 1.807) is 0 Å². The van der Waals surface area contributed by atoms with E-state index in [9.17, 15) is 4.79 Å². The Kier molecular flexibility index (Phi) is 7.95. The Hall–Kier alpha value is -1.31. The van der Waals surface area contributed by atoms with Crippen molar-refractivity contribution in [3.05, 3.63) is 35.9 Å². The molecule has 0 aliphatic carbocycles. The van der Waals surface area contributed by atoms with Crippen LogP contribution in [-0.4, -0.2) is 12.1 Å². The van der Waals surface area contributed by atoms with E-state index in [1.165, 1.54) is 5.56 Å². The van der Waals surface area contributed by atoms with Gasteiger partial charge in [0.1, 0.15) is 6.10 Å². The molecule has 0 heterocycles. The highest BCUT2D eigenvalue weighted by Gasteiger charge is 2.14. The van der Waals surface area contributed by atoms with Crippen LogP contribution in [-0.2, 0) is 16.0 Å². The SMILES string of the molecule is CCCCCC(=O)OC(CCC)Cc1ccccc1. The predicted octanol–water partition coefficient (Wildman–Crippen LogP) is 4.52. The van der Waals surface area contributed by atoms with Gasteiger partial charge in [0, 0.05) is 12.8 Å². The molecular formula is C17H26O2. The molecule has 0 radical (unpaired) electrons. The van der Waals surface area contributed by atoms with Crippen LogP contribution in [0.25, 0.3) is 0 Å². The van der Waals surface area contributed by atoms with Crippen molar-refractivity contribution in [1.29, 1.82) is 0 Å². The van der Waals surface area contributed by atoms with E-state index in [0.717, 1.165) is 38.5 Å². The number of carbonyl (C=O) groups excluding carboxylic acids is 1. The van der Waals surface area contributed by atoms with Crippen molar-refractivity contribution < 1.29 is 9.53 Å². The highest BCUT2D eigenvalue weighted by Crippen LogP contribution is 2.13. The second kappa shape index (κ2) is 9.60. The first-order valence-electron chi connectivity index (χ1n) is 7.49. The third kappa shape index (κ3) is 7.00. The summed E-state index contributed by atoms with van der Waals surface area (Å²) in [6.45, 7) is 4.27. The summed E-state index contributed by atoms with van der Waals surface area (Å²) < 4.78 is 5.60. The summed E-state index contributed by atoms with van der Waals surface area (Å²) >= 11 is 0. The topological polar surface area (TPSA) is 26.3 Å². The van der Waals surface area contributed by atoms with Gasteiger partial charge < -0.3 is 4.74 Å². The fraction of sp³-hybridized carbons (Fsp3) is 0.588. The molecule has 0 bridgehead atoms. The molecule has 19 heavy (non-hydrogen) atoms. The number of benzene rings is 1. The molecule has 2 nitrogen and oxygen atoms in total. The van der Waals surface area contributed by atoms with E-state index >= 15 is 0 Å². The summed E-state index contributed by atoms with van der Waals surface area (Å²) in [4.78, 5) is 11.8.